The van der Waals surface area contributed by atoms with Crippen LogP contribution in [0.3, 0.4) is 0 Å². The van der Waals surface area contributed by atoms with Gasteiger partial charge >= 0.3 is 23.9 Å². The molecule has 10 heteroatoms. The number of benzene rings is 1. The highest BCUT2D eigenvalue weighted by atomic mass is 19.4. The number of fused-ring (bicyclic) bond motifs is 3. The zero-order valence-corrected chi connectivity index (χ0v) is 27.3. The molecule has 1 aromatic carbocycles. The van der Waals surface area contributed by atoms with Crippen LogP contribution in [0.5, 0.6) is 0 Å². The number of aromatic nitrogens is 1. The smallest absolute Gasteiger partial charge is 0.265 e. The predicted molar refractivity (Wildman–Crippen MR) is 164 cm³/mol. The summed E-state index contributed by atoms with van der Waals surface area (Å²) >= 11 is 0. The third kappa shape index (κ3) is 5.83. The first kappa shape index (κ1) is 35.5. The molecule has 1 saturated carbocycles. The molecule has 0 aliphatic heterocycles. The van der Waals surface area contributed by atoms with E-state index in [2.05, 4.69) is 44.8 Å². The van der Waals surface area contributed by atoms with Gasteiger partial charge in [-0.2, -0.15) is 39.5 Å². The second kappa shape index (κ2) is 12.0. The number of halogens is 9. The molecule has 47 heavy (non-hydrogen) atoms. The van der Waals surface area contributed by atoms with Gasteiger partial charge in [-0.3, -0.25) is 4.98 Å². The van der Waals surface area contributed by atoms with E-state index in [1.165, 1.54) is 47.8 Å². The summed E-state index contributed by atoms with van der Waals surface area (Å²) in [6.07, 6.45) is 3.41. The van der Waals surface area contributed by atoms with Gasteiger partial charge in [0.2, 0.25) is 0 Å². The van der Waals surface area contributed by atoms with Gasteiger partial charge in [0, 0.05) is 24.2 Å². The van der Waals surface area contributed by atoms with Crippen molar-refractivity contribution in [3.63, 3.8) is 0 Å². The van der Waals surface area contributed by atoms with Gasteiger partial charge in [-0.15, -0.1) is 0 Å². The zero-order chi connectivity index (χ0) is 34.8. The normalized spacial score (nSPS) is 28.6. The van der Waals surface area contributed by atoms with Gasteiger partial charge in [-0.1, -0.05) is 76.6 Å². The van der Waals surface area contributed by atoms with Crippen LogP contribution >= 0.6 is 0 Å². The number of nitrogens with zero attached hydrogens (tertiary/aromatic N) is 1. The quantitative estimate of drug-likeness (QED) is 0.255. The Hall–Kier alpha value is -2.78. The summed E-state index contributed by atoms with van der Waals surface area (Å²) in [5, 5.41) is 0. The maximum atomic E-state index is 15.2. The third-order valence-corrected chi connectivity index (χ3v) is 11.7. The summed E-state index contributed by atoms with van der Waals surface area (Å²) in [7, 11) is 0. The third-order valence-electron chi connectivity index (χ3n) is 11.7. The Morgan fingerprint density at radius 2 is 1.45 bits per heavy atom. The summed E-state index contributed by atoms with van der Waals surface area (Å²) in [5.74, 6) is -17.7. The van der Waals surface area contributed by atoms with Crippen molar-refractivity contribution in [3.8, 4) is 0 Å². The molecule has 2 aromatic rings. The van der Waals surface area contributed by atoms with Gasteiger partial charge in [0.05, 0.1) is 0 Å². The van der Waals surface area contributed by atoms with E-state index >= 15 is 8.78 Å². The molecular weight excluding hydrogens is 629 g/mol. The first-order valence-corrected chi connectivity index (χ1v) is 16.3. The van der Waals surface area contributed by atoms with E-state index in [-0.39, 0.29) is 22.5 Å². The van der Waals surface area contributed by atoms with E-state index in [0.29, 0.717) is 23.7 Å². The summed E-state index contributed by atoms with van der Waals surface area (Å²) in [6.45, 7) is 10.1. The van der Waals surface area contributed by atoms with Gasteiger partial charge in [0.25, 0.3) is 0 Å². The van der Waals surface area contributed by atoms with Gasteiger partial charge < -0.3 is 0 Å². The number of hydrogen-bond acceptors (Lipinski definition) is 1. The minimum absolute atomic E-state index is 0.0285. The minimum atomic E-state index is -6.95. The van der Waals surface area contributed by atoms with E-state index in [9.17, 15) is 30.7 Å². The fourth-order valence-electron chi connectivity index (χ4n) is 8.74. The molecule has 3 aliphatic carbocycles. The molecule has 6 unspecified atom stereocenters. The highest BCUT2D eigenvalue weighted by Gasteiger charge is 2.82. The van der Waals surface area contributed by atoms with Crippen molar-refractivity contribution >= 4 is 0 Å². The molecule has 3 aliphatic rings. The van der Waals surface area contributed by atoms with Crippen LogP contribution in [0.4, 0.5) is 39.5 Å². The summed E-state index contributed by atoms with van der Waals surface area (Å²) in [5.41, 5.74) is 1.93. The van der Waals surface area contributed by atoms with Crippen LogP contribution in [-0.4, -0.2) is 28.9 Å². The molecule has 258 valence electrons. The van der Waals surface area contributed by atoms with Gasteiger partial charge in [-0.25, -0.2) is 0 Å². The molecule has 0 bridgehead atoms. The van der Waals surface area contributed by atoms with Crippen molar-refractivity contribution < 1.29 is 39.5 Å². The summed E-state index contributed by atoms with van der Waals surface area (Å²) in [6, 6.07) is 9.14. The number of hydrogen-bond donors (Lipinski definition) is 0. The Labute approximate surface area is 270 Å². The Bertz CT molecular complexity index is 1490. The van der Waals surface area contributed by atoms with Crippen LogP contribution < -0.4 is 0 Å². The lowest BCUT2D eigenvalue weighted by molar-refractivity contribution is -0.397. The molecular formula is C37H42F9N. The maximum absolute atomic E-state index is 15.2. The van der Waals surface area contributed by atoms with E-state index in [0.717, 1.165) is 44.6 Å². The van der Waals surface area contributed by atoms with Crippen LogP contribution in [-0.2, 0) is 5.41 Å². The van der Waals surface area contributed by atoms with Gasteiger partial charge in [0.1, 0.15) is 0 Å². The summed E-state index contributed by atoms with van der Waals surface area (Å²) in [4.78, 5) is 3.83. The molecule has 1 heterocycles. The molecule has 0 radical (unpaired) electrons. The average molecular weight is 672 g/mol. The average Bonchev–Trinajstić information content (AvgIpc) is 3.00. The van der Waals surface area contributed by atoms with E-state index in [4.69, 9.17) is 0 Å². The number of rotatable bonds is 8. The molecule has 1 aromatic heterocycles. The Kier molecular flexibility index (Phi) is 9.05. The summed E-state index contributed by atoms with van der Waals surface area (Å²) < 4.78 is 126. The predicted octanol–water partition coefficient (Wildman–Crippen LogP) is 11.7. The standard InChI is InChI=1S/C37H42F9N/c1-22(2)25-8-12-29-26(20-25)9-13-30-31(23(3)14-17-32(29,30)4)24-6-10-27(11-7-24)33(5,28-15-18-47-19-16-28)21-34(38,39)35(40,41)36(42,43)37(44,45)46/h6-7,9-11,15-16,18-20,22-23,29-31H,8,12-14,17,21H2,1-5H3. The largest absolute Gasteiger partial charge is 0.460 e. The minimum Gasteiger partial charge on any atom is -0.265 e. The van der Waals surface area contributed by atoms with Crippen molar-refractivity contribution in [1.29, 1.82) is 0 Å². The van der Waals surface area contributed by atoms with Crippen molar-refractivity contribution in [2.45, 2.75) is 108 Å². The maximum Gasteiger partial charge on any atom is 0.460 e. The number of alkyl halides is 9. The van der Waals surface area contributed by atoms with Crippen molar-refractivity contribution in [2.75, 3.05) is 0 Å². The number of pyridine rings is 1. The highest BCUT2D eigenvalue weighted by Crippen LogP contribution is 2.62. The van der Waals surface area contributed by atoms with Gasteiger partial charge in [-0.05, 0) is 102 Å². The van der Waals surface area contributed by atoms with Crippen LogP contribution in [0, 0.1) is 29.1 Å². The molecule has 1 nitrogen and oxygen atoms in total. The monoisotopic (exact) mass is 671 g/mol. The molecule has 0 amide bonds. The molecule has 5 rings (SSSR count). The first-order chi connectivity index (χ1) is 21.7. The Morgan fingerprint density at radius 1 is 0.851 bits per heavy atom. The highest BCUT2D eigenvalue weighted by molar-refractivity contribution is 5.42. The molecule has 6 atom stereocenters. The first-order valence-electron chi connectivity index (χ1n) is 16.3. The second-order valence-electron chi connectivity index (χ2n) is 14.8. The van der Waals surface area contributed by atoms with Crippen LogP contribution in [0.25, 0.3) is 0 Å². The fourth-order valence-corrected chi connectivity index (χ4v) is 8.74. The van der Waals surface area contributed by atoms with E-state index in [1.54, 1.807) is 12.1 Å². The second-order valence-corrected chi connectivity index (χ2v) is 14.8. The van der Waals surface area contributed by atoms with Crippen LogP contribution in [0.15, 0.2) is 72.1 Å². The fraction of sp³-hybridized carbons (Fsp3) is 0.595. The van der Waals surface area contributed by atoms with Crippen LogP contribution in [0.2, 0.25) is 0 Å². The lowest BCUT2D eigenvalue weighted by Gasteiger charge is -2.56. The van der Waals surface area contributed by atoms with Crippen molar-refractivity contribution in [2.24, 2.45) is 29.1 Å². The Morgan fingerprint density at radius 3 is 2.02 bits per heavy atom. The topological polar surface area (TPSA) is 12.9 Å². The van der Waals surface area contributed by atoms with Gasteiger partial charge in [0.15, 0.2) is 0 Å². The lowest BCUT2D eigenvalue weighted by Crippen LogP contribution is -2.62. The molecule has 0 spiro atoms. The molecule has 0 N–H and O–H groups in total. The SMILES string of the molecule is CC(C)C1=CC2=CCC3C(c4ccc(C(C)(CC(F)(F)C(F)(F)C(F)(F)C(F)(F)F)c5ccncc5)cc4)C(C)CCC3(C)C2CC1. The number of allylic oxidation sites excluding steroid dienone is 4. The van der Waals surface area contributed by atoms with Crippen molar-refractivity contribution in [3.05, 3.63) is 88.8 Å². The van der Waals surface area contributed by atoms with Crippen LogP contribution in [0.1, 0.15) is 95.8 Å². The molecule has 0 saturated heterocycles. The molecule has 1 fully saturated rings. The van der Waals surface area contributed by atoms with E-state index < -0.39 is 35.8 Å². The Balaban J connectivity index is 1.51. The lowest BCUT2D eigenvalue weighted by atomic mass is 9.48. The zero-order valence-electron chi connectivity index (χ0n) is 27.3. The van der Waals surface area contributed by atoms with Crippen molar-refractivity contribution in [1.82, 2.24) is 4.98 Å². The van der Waals surface area contributed by atoms with E-state index in [1.807, 2.05) is 0 Å².